The maximum atomic E-state index is 12.8. The summed E-state index contributed by atoms with van der Waals surface area (Å²) in [7, 11) is 1.93. The Balaban J connectivity index is 1.46. The minimum Gasteiger partial charge on any atom is -0.454 e. The third-order valence-electron chi connectivity index (χ3n) is 6.31. The number of fused-ring (bicyclic) bond motifs is 1. The highest BCUT2D eigenvalue weighted by molar-refractivity contribution is 6.32. The van der Waals surface area contributed by atoms with Gasteiger partial charge in [-0.2, -0.15) is 5.10 Å². The van der Waals surface area contributed by atoms with E-state index in [2.05, 4.69) is 25.0 Å². The molecule has 0 N–H and O–H groups in total. The summed E-state index contributed by atoms with van der Waals surface area (Å²) in [6.45, 7) is 7.93. The van der Waals surface area contributed by atoms with Crippen molar-refractivity contribution in [2.24, 2.45) is 0 Å². The van der Waals surface area contributed by atoms with E-state index in [1.54, 1.807) is 17.7 Å². The fourth-order valence-electron chi connectivity index (χ4n) is 4.42. The van der Waals surface area contributed by atoms with Gasteiger partial charge in [-0.15, -0.1) is 0 Å². The number of halogens is 1. The fourth-order valence-corrected chi connectivity index (χ4v) is 4.73. The minimum atomic E-state index is -0.660. The number of aryl methyl sites for hydroxylation is 2. The first kappa shape index (κ1) is 23.8. The molecule has 34 heavy (non-hydrogen) atoms. The molecule has 7 heteroatoms. The van der Waals surface area contributed by atoms with Crippen LogP contribution in [0.2, 0.25) is 5.15 Å². The molecule has 6 nitrogen and oxygen atoms in total. The van der Waals surface area contributed by atoms with E-state index in [0.717, 1.165) is 28.1 Å². The number of allylic oxidation sites excluding steroid dienone is 1. The number of ether oxygens (including phenoxy) is 1. The SMILES string of the molecule is Cc1ccc(Cn2nc(C)c(C(=O)OCC(=O)/C=C3\N(C)c4ccccc4C3(C)C)c2Cl)cc1. The Morgan fingerprint density at radius 1 is 1.09 bits per heavy atom. The lowest BCUT2D eigenvalue weighted by Crippen LogP contribution is -2.25. The highest BCUT2D eigenvalue weighted by Crippen LogP contribution is 2.46. The third kappa shape index (κ3) is 4.38. The summed E-state index contributed by atoms with van der Waals surface area (Å²) >= 11 is 6.46. The van der Waals surface area contributed by atoms with Crippen LogP contribution in [0.25, 0.3) is 0 Å². The number of nitrogens with zero attached hydrogens (tertiary/aromatic N) is 3. The maximum Gasteiger partial charge on any atom is 0.343 e. The lowest BCUT2D eigenvalue weighted by Gasteiger charge is -2.23. The van der Waals surface area contributed by atoms with Crippen molar-refractivity contribution in [2.75, 3.05) is 18.6 Å². The molecule has 0 aliphatic carbocycles. The second kappa shape index (κ2) is 9.11. The Kier molecular flexibility index (Phi) is 6.36. The summed E-state index contributed by atoms with van der Waals surface area (Å²) in [6, 6.07) is 16.1. The molecule has 0 fully saturated rings. The van der Waals surface area contributed by atoms with Gasteiger partial charge in [0.25, 0.3) is 0 Å². The topological polar surface area (TPSA) is 64.4 Å². The molecule has 1 aromatic heterocycles. The number of anilines is 1. The van der Waals surface area contributed by atoms with Crippen LogP contribution in [0.4, 0.5) is 5.69 Å². The van der Waals surface area contributed by atoms with Gasteiger partial charge in [0.2, 0.25) is 0 Å². The van der Waals surface area contributed by atoms with Gasteiger partial charge in [0.1, 0.15) is 10.7 Å². The molecule has 176 valence electrons. The van der Waals surface area contributed by atoms with Crippen molar-refractivity contribution in [3.8, 4) is 0 Å². The van der Waals surface area contributed by atoms with Crippen molar-refractivity contribution in [2.45, 2.75) is 39.7 Å². The molecule has 1 aliphatic heterocycles. The molecule has 2 heterocycles. The van der Waals surface area contributed by atoms with E-state index in [4.69, 9.17) is 16.3 Å². The predicted molar refractivity (Wildman–Crippen MR) is 133 cm³/mol. The second-order valence-electron chi connectivity index (χ2n) is 9.17. The molecule has 3 aromatic rings. The Morgan fingerprint density at radius 2 is 1.76 bits per heavy atom. The summed E-state index contributed by atoms with van der Waals surface area (Å²) in [5.74, 6) is -0.955. The maximum absolute atomic E-state index is 12.8. The molecule has 1 aliphatic rings. The highest BCUT2D eigenvalue weighted by atomic mass is 35.5. The summed E-state index contributed by atoms with van der Waals surface area (Å²) in [4.78, 5) is 27.5. The van der Waals surface area contributed by atoms with Crippen LogP contribution >= 0.6 is 11.6 Å². The Hall–Kier alpha value is -3.38. The summed E-state index contributed by atoms with van der Waals surface area (Å²) in [5.41, 5.74) is 5.55. The predicted octanol–water partition coefficient (Wildman–Crippen LogP) is 5.24. The van der Waals surface area contributed by atoms with Crippen LogP contribution in [-0.2, 0) is 21.5 Å². The summed E-state index contributed by atoms with van der Waals surface area (Å²) < 4.78 is 6.90. The van der Waals surface area contributed by atoms with Crippen LogP contribution in [0, 0.1) is 13.8 Å². The summed E-state index contributed by atoms with van der Waals surface area (Å²) in [5, 5.41) is 4.59. The van der Waals surface area contributed by atoms with Gasteiger partial charge in [-0.1, -0.05) is 73.5 Å². The van der Waals surface area contributed by atoms with Gasteiger partial charge in [-0.3, -0.25) is 4.79 Å². The Bertz CT molecular complexity index is 1290. The minimum absolute atomic E-state index is 0.181. The van der Waals surface area contributed by atoms with Gasteiger partial charge in [-0.05, 0) is 31.0 Å². The smallest absolute Gasteiger partial charge is 0.343 e. The number of rotatable bonds is 6. The molecule has 0 amide bonds. The molecule has 0 atom stereocenters. The molecule has 0 unspecified atom stereocenters. The van der Waals surface area contributed by atoms with Crippen molar-refractivity contribution in [1.82, 2.24) is 9.78 Å². The number of carbonyl (C=O) groups excluding carboxylic acids is 2. The molecular formula is C27H28ClN3O3. The average Bonchev–Trinajstić information content (AvgIpc) is 3.18. The average molecular weight is 478 g/mol. The fraction of sp³-hybridized carbons (Fsp3) is 0.296. The van der Waals surface area contributed by atoms with Gasteiger partial charge < -0.3 is 9.64 Å². The quantitative estimate of drug-likeness (QED) is 0.359. The largest absolute Gasteiger partial charge is 0.454 e. The van der Waals surface area contributed by atoms with E-state index in [1.165, 1.54) is 0 Å². The number of benzene rings is 2. The van der Waals surface area contributed by atoms with Crippen LogP contribution in [-0.4, -0.2) is 35.2 Å². The number of carbonyl (C=O) groups is 2. The van der Waals surface area contributed by atoms with E-state index < -0.39 is 5.97 Å². The highest BCUT2D eigenvalue weighted by Gasteiger charge is 2.38. The van der Waals surface area contributed by atoms with Crippen molar-refractivity contribution in [3.05, 3.63) is 93.4 Å². The van der Waals surface area contributed by atoms with Crippen LogP contribution < -0.4 is 4.90 Å². The lowest BCUT2D eigenvalue weighted by molar-refractivity contribution is -0.117. The Labute approximate surface area is 204 Å². The second-order valence-corrected chi connectivity index (χ2v) is 9.53. The number of aromatic nitrogens is 2. The van der Waals surface area contributed by atoms with Crippen LogP contribution in [0.15, 0.2) is 60.3 Å². The zero-order valence-corrected chi connectivity index (χ0v) is 20.8. The van der Waals surface area contributed by atoms with Crippen LogP contribution in [0.3, 0.4) is 0 Å². The van der Waals surface area contributed by atoms with Gasteiger partial charge in [0.05, 0.1) is 12.2 Å². The van der Waals surface area contributed by atoms with Gasteiger partial charge in [0, 0.05) is 29.9 Å². The number of para-hydroxylation sites is 1. The molecule has 0 spiro atoms. The monoisotopic (exact) mass is 477 g/mol. The van der Waals surface area contributed by atoms with Crippen LogP contribution in [0.5, 0.6) is 0 Å². The van der Waals surface area contributed by atoms with Crippen molar-refractivity contribution in [3.63, 3.8) is 0 Å². The number of likely N-dealkylation sites (N-methyl/N-ethyl adjacent to an activating group) is 1. The molecule has 0 radical (unpaired) electrons. The molecule has 4 rings (SSSR count). The third-order valence-corrected chi connectivity index (χ3v) is 6.69. The van der Waals surface area contributed by atoms with E-state index in [9.17, 15) is 9.59 Å². The number of hydrogen-bond donors (Lipinski definition) is 0. The normalized spacial score (nSPS) is 15.5. The van der Waals surface area contributed by atoms with E-state index in [0.29, 0.717) is 12.2 Å². The summed E-state index contributed by atoms with van der Waals surface area (Å²) in [6.07, 6.45) is 1.56. The van der Waals surface area contributed by atoms with Gasteiger partial charge >= 0.3 is 5.97 Å². The zero-order valence-electron chi connectivity index (χ0n) is 20.1. The zero-order chi connectivity index (χ0) is 24.6. The van der Waals surface area contributed by atoms with Crippen molar-refractivity contribution in [1.29, 1.82) is 0 Å². The van der Waals surface area contributed by atoms with E-state index in [-0.39, 0.29) is 28.5 Å². The van der Waals surface area contributed by atoms with Crippen molar-refractivity contribution >= 4 is 29.0 Å². The Morgan fingerprint density at radius 3 is 2.44 bits per heavy atom. The first-order valence-corrected chi connectivity index (χ1v) is 11.5. The molecule has 0 saturated carbocycles. The lowest BCUT2D eigenvalue weighted by atomic mass is 9.83. The first-order valence-electron chi connectivity index (χ1n) is 11.1. The molecule has 2 aromatic carbocycles. The first-order chi connectivity index (χ1) is 16.1. The number of ketones is 1. The van der Waals surface area contributed by atoms with Gasteiger partial charge in [0.15, 0.2) is 12.4 Å². The standard InChI is InChI=1S/C27H28ClN3O3/c1-17-10-12-19(13-11-17)15-31-25(28)24(18(2)29-31)26(33)34-16-20(32)14-23-27(3,4)21-8-6-7-9-22(21)30(23)5/h6-14H,15-16H2,1-5H3/b23-14-. The molecule has 0 bridgehead atoms. The van der Waals surface area contributed by atoms with Crippen molar-refractivity contribution < 1.29 is 14.3 Å². The van der Waals surface area contributed by atoms with E-state index >= 15 is 0 Å². The van der Waals surface area contributed by atoms with Gasteiger partial charge in [-0.25, -0.2) is 9.48 Å². The van der Waals surface area contributed by atoms with Crippen LogP contribution in [0.1, 0.15) is 46.6 Å². The van der Waals surface area contributed by atoms with E-state index in [1.807, 2.05) is 61.3 Å². The molecule has 0 saturated heterocycles. The molecular weight excluding hydrogens is 450 g/mol. The number of esters is 1. The number of hydrogen-bond acceptors (Lipinski definition) is 5.